The minimum absolute atomic E-state index is 0.105. The van der Waals surface area contributed by atoms with Crippen molar-refractivity contribution in [1.82, 2.24) is 34.2 Å². The number of likely N-dealkylation sites (tertiary alicyclic amines) is 2. The van der Waals surface area contributed by atoms with Crippen molar-refractivity contribution in [2.75, 3.05) is 39.3 Å². The zero-order valence-electron chi connectivity index (χ0n) is 27.9. The smallest absolute Gasteiger partial charge is 0.305 e. The lowest BCUT2D eigenvalue weighted by Crippen LogP contribution is -2.45. The van der Waals surface area contributed by atoms with Crippen LogP contribution in [0.2, 0.25) is 0 Å². The third kappa shape index (κ3) is 9.73. The van der Waals surface area contributed by atoms with E-state index in [-0.39, 0.29) is 5.97 Å². The van der Waals surface area contributed by atoms with E-state index in [2.05, 4.69) is 61.4 Å². The maximum atomic E-state index is 11.7. The molecular weight excluding hydrogens is 582 g/mol. The lowest BCUT2D eigenvalue weighted by molar-refractivity contribution is -0.143. The van der Waals surface area contributed by atoms with Crippen LogP contribution >= 0.6 is 11.3 Å². The number of hydrogen-bond acceptors (Lipinski definition) is 8. The van der Waals surface area contributed by atoms with Crippen LogP contribution in [-0.2, 0) is 42.1 Å². The fourth-order valence-electron chi connectivity index (χ4n) is 7.42. The van der Waals surface area contributed by atoms with E-state index in [0.29, 0.717) is 18.4 Å². The van der Waals surface area contributed by atoms with Crippen LogP contribution in [0.25, 0.3) is 0 Å². The van der Waals surface area contributed by atoms with Gasteiger partial charge in [-0.25, -0.2) is 9.97 Å². The lowest BCUT2D eigenvalue weighted by atomic mass is 9.77. The van der Waals surface area contributed by atoms with E-state index in [1.54, 1.807) is 0 Å². The van der Waals surface area contributed by atoms with E-state index in [1.165, 1.54) is 74.6 Å². The summed E-state index contributed by atoms with van der Waals surface area (Å²) in [6, 6.07) is 5.21. The molecule has 45 heavy (non-hydrogen) atoms. The summed E-state index contributed by atoms with van der Waals surface area (Å²) < 4.78 is 7.43. The number of rotatable bonds is 18. The summed E-state index contributed by atoms with van der Waals surface area (Å²) in [5.74, 6) is 1.97. The first-order valence-corrected chi connectivity index (χ1v) is 18.2. The number of aryl methyl sites for hydroxylation is 2. The van der Waals surface area contributed by atoms with Gasteiger partial charge in [0.2, 0.25) is 0 Å². The highest BCUT2D eigenvalue weighted by Crippen LogP contribution is 2.41. The van der Waals surface area contributed by atoms with E-state index >= 15 is 0 Å². The Balaban J connectivity index is 1.10. The standard InChI is InChI=1S/C35H55N7O2S/c1-4-29(5-2)41-22-14-35(15-23-41)13-21-39(28-35)19-8-20-42-24-18-38-33(42)27-40(26-32-36-16-17-37-32)25-31-12-11-30(45-31)9-7-10-34(43)44-6-3/h11-12,16-18,24,29H,4-10,13-15,19-23,25-28H2,1-3H3,(H,36,37). The SMILES string of the molecule is CCOC(=O)CCCc1ccc(CN(Cc2ncc[nH]2)Cc2nccn2CCCN2CCC3(CCN(C(CC)CC)CC3)C2)s1. The molecule has 0 saturated carbocycles. The van der Waals surface area contributed by atoms with Crippen LogP contribution in [0.5, 0.6) is 0 Å². The van der Waals surface area contributed by atoms with Gasteiger partial charge in [-0.3, -0.25) is 9.69 Å². The number of ether oxygens (including phenoxy) is 1. The quantitative estimate of drug-likeness (QED) is 0.168. The number of nitrogens with zero attached hydrogens (tertiary/aromatic N) is 6. The molecule has 5 heterocycles. The molecule has 248 valence electrons. The molecule has 10 heteroatoms. The van der Waals surface area contributed by atoms with E-state index in [0.717, 1.165) is 63.1 Å². The van der Waals surface area contributed by atoms with Crippen molar-refractivity contribution in [2.24, 2.45) is 5.41 Å². The largest absolute Gasteiger partial charge is 0.466 e. The molecule has 9 nitrogen and oxygen atoms in total. The number of carbonyl (C=O) groups excluding carboxylic acids is 1. The number of nitrogens with one attached hydrogen (secondary N) is 1. The van der Waals surface area contributed by atoms with Gasteiger partial charge < -0.3 is 24.1 Å². The van der Waals surface area contributed by atoms with E-state index in [4.69, 9.17) is 9.72 Å². The summed E-state index contributed by atoms with van der Waals surface area (Å²) in [4.78, 5) is 34.8. The molecule has 0 unspecified atom stereocenters. The molecule has 3 aromatic rings. The average molecular weight is 638 g/mol. The molecule has 0 radical (unpaired) electrons. The van der Waals surface area contributed by atoms with Crippen LogP contribution in [-0.4, -0.2) is 85.6 Å². The summed E-state index contributed by atoms with van der Waals surface area (Å²) in [6.45, 7) is 16.6. The number of carbonyl (C=O) groups is 1. The Morgan fingerprint density at radius 2 is 1.80 bits per heavy atom. The van der Waals surface area contributed by atoms with Crippen molar-refractivity contribution in [1.29, 1.82) is 0 Å². The molecule has 2 aliphatic rings. The second-order valence-corrected chi connectivity index (χ2v) is 14.4. The Hall–Kier alpha value is -2.53. The van der Waals surface area contributed by atoms with Crippen molar-refractivity contribution in [3.05, 3.63) is 58.3 Å². The minimum Gasteiger partial charge on any atom is -0.466 e. The van der Waals surface area contributed by atoms with Crippen molar-refractivity contribution in [3.8, 4) is 0 Å². The molecule has 0 aliphatic carbocycles. The summed E-state index contributed by atoms with van der Waals surface area (Å²) >= 11 is 1.84. The number of imidazole rings is 2. The first-order valence-electron chi connectivity index (χ1n) is 17.4. The molecule has 2 fully saturated rings. The zero-order chi connectivity index (χ0) is 31.5. The monoisotopic (exact) mass is 637 g/mol. The van der Waals surface area contributed by atoms with Crippen LogP contribution in [0.15, 0.2) is 36.9 Å². The molecule has 2 saturated heterocycles. The van der Waals surface area contributed by atoms with E-state index in [1.807, 2.05) is 36.9 Å². The highest BCUT2D eigenvalue weighted by Gasteiger charge is 2.40. The Bertz CT molecular complexity index is 1280. The Morgan fingerprint density at radius 3 is 2.56 bits per heavy atom. The second kappa shape index (κ2) is 16.9. The van der Waals surface area contributed by atoms with Crippen LogP contribution in [0, 0.1) is 5.41 Å². The molecule has 0 amide bonds. The molecule has 1 N–H and O–H groups in total. The van der Waals surface area contributed by atoms with Crippen molar-refractivity contribution in [3.63, 3.8) is 0 Å². The lowest BCUT2D eigenvalue weighted by Gasteiger charge is -2.42. The first-order chi connectivity index (χ1) is 22.0. The molecule has 0 aromatic carbocycles. The van der Waals surface area contributed by atoms with Gasteiger partial charge in [-0.1, -0.05) is 13.8 Å². The van der Waals surface area contributed by atoms with Gasteiger partial charge in [-0.05, 0) is 102 Å². The second-order valence-electron chi connectivity index (χ2n) is 13.1. The summed E-state index contributed by atoms with van der Waals surface area (Å²) in [5.41, 5.74) is 0.553. The number of aromatic nitrogens is 4. The van der Waals surface area contributed by atoms with E-state index < -0.39 is 0 Å². The molecule has 3 aromatic heterocycles. The zero-order valence-corrected chi connectivity index (χ0v) is 28.7. The number of H-pyrrole nitrogens is 1. The van der Waals surface area contributed by atoms with Gasteiger partial charge in [0.25, 0.3) is 0 Å². The maximum absolute atomic E-state index is 11.7. The van der Waals surface area contributed by atoms with Gasteiger partial charge in [0, 0.05) is 66.6 Å². The first kappa shape index (κ1) is 33.8. The summed E-state index contributed by atoms with van der Waals surface area (Å²) in [5, 5.41) is 0. The Labute approximate surface area is 274 Å². The van der Waals surface area contributed by atoms with Crippen LogP contribution in [0.3, 0.4) is 0 Å². The Morgan fingerprint density at radius 1 is 1.00 bits per heavy atom. The van der Waals surface area contributed by atoms with Crippen molar-refractivity contribution >= 4 is 17.3 Å². The van der Waals surface area contributed by atoms with Crippen LogP contribution < -0.4 is 0 Å². The van der Waals surface area contributed by atoms with Gasteiger partial charge in [-0.15, -0.1) is 11.3 Å². The predicted molar refractivity (Wildman–Crippen MR) is 181 cm³/mol. The van der Waals surface area contributed by atoms with Gasteiger partial charge >= 0.3 is 5.97 Å². The average Bonchev–Trinajstić information content (AvgIpc) is 3.86. The molecule has 1 spiro atoms. The number of piperidine rings is 1. The van der Waals surface area contributed by atoms with Crippen molar-refractivity contribution in [2.45, 2.75) is 111 Å². The third-order valence-electron chi connectivity index (χ3n) is 10.0. The molecule has 0 atom stereocenters. The summed E-state index contributed by atoms with van der Waals surface area (Å²) in [7, 11) is 0. The van der Waals surface area contributed by atoms with Crippen LogP contribution in [0.1, 0.15) is 93.5 Å². The Kier molecular flexibility index (Phi) is 12.7. The number of thiophene rings is 1. The summed E-state index contributed by atoms with van der Waals surface area (Å²) in [6.07, 6.45) is 17.8. The molecular formula is C35H55N7O2S. The van der Waals surface area contributed by atoms with Gasteiger partial charge in [0.15, 0.2) is 0 Å². The predicted octanol–water partition coefficient (Wildman–Crippen LogP) is 6.12. The molecule has 0 bridgehead atoms. The maximum Gasteiger partial charge on any atom is 0.305 e. The third-order valence-corrected chi connectivity index (χ3v) is 11.1. The molecule has 2 aliphatic heterocycles. The topological polar surface area (TPSA) is 82.5 Å². The number of aromatic amines is 1. The highest BCUT2D eigenvalue weighted by atomic mass is 32.1. The highest BCUT2D eigenvalue weighted by molar-refractivity contribution is 7.11. The van der Waals surface area contributed by atoms with Gasteiger partial charge in [0.1, 0.15) is 11.6 Å². The normalized spacial score (nSPS) is 17.3. The van der Waals surface area contributed by atoms with Gasteiger partial charge in [0.05, 0.1) is 19.7 Å². The van der Waals surface area contributed by atoms with Crippen LogP contribution in [0.4, 0.5) is 0 Å². The van der Waals surface area contributed by atoms with Crippen molar-refractivity contribution < 1.29 is 9.53 Å². The molecule has 5 rings (SSSR count). The fraction of sp³-hybridized carbons (Fsp3) is 0.686. The number of hydrogen-bond donors (Lipinski definition) is 1. The fourth-order valence-corrected chi connectivity index (χ4v) is 8.52. The minimum atomic E-state index is -0.105. The van der Waals surface area contributed by atoms with E-state index in [9.17, 15) is 4.79 Å². The van der Waals surface area contributed by atoms with Gasteiger partial charge in [-0.2, -0.15) is 0 Å². The number of esters is 1.